The summed E-state index contributed by atoms with van der Waals surface area (Å²) in [6.07, 6.45) is 0.343. The Hall–Kier alpha value is -3.56. The molecule has 0 saturated heterocycles. The molecule has 3 aromatic rings. The first-order valence-electron chi connectivity index (χ1n) is 12.7. The highest BCUT2D eigenvalue weighted by Crippen LogP contribution is 2.26. The van der Waals surface area contributed by atoms with Gasteiger partial charge >= 0.3 is 0 Å². The van der Waals surface area contributed by atoms with Gasteiger partial charge in [0.05, 0.1) is 17.7 Å². The Kier molecular flexibility index (Phi) is 10.4. The predicted molar refractivity (Wildman–Crippen MR) is 153 cm³/mol. The normalized spacial score (nSPS) is 11.9. The zero-order valence-corrected chi connectivity index (χ0v) is 24.1. The third kappa shape index (κ3) is 7.52. The van der Waals surface area contributed by atoms with Gasteiger partial charge in [0.1, 0.15) is 18.3 Å². The fourth-order valence-electron chi connectivity index (χ4n) is 4.15. The van der Waals surface area contributed by atoms with Crippen LogP contribution in [0.15, 0.2) is 77.7 Å². The van der Waals surface area contributed by atoms with E-state index in [0.717, 1.165) is 15.4 Å². The molecule has 2 amide bonds. The number of rotatable bonds is 12. The summed E-state index contributed by atoms with van der Waals surface area (Å²) < 4.78 is 34.0. The second-order valence-corrected chi connectivity index (χ2v) is 11.3. The summed E-state index contributed by atoms with van der Waals surface area (Å²) in [5.74, 6) is -0.217. The quantitative estimate of drug-likeness (QED) is 0.337. The highest BCUT2D eigenvalue weighted by Gasteiger charge is 2.33. The SMILES string of the molecule is CCNC(=O)C(CC)N(Cc1cccc(OC)c1)C(=O)CN(c1ccc(C)cc1)S(=O)(=O)c1ccc(Cl)cc1. The van der Waals surface area contributed by atoms with E-state index in [0.29, 0.717) is 29.4 Å². The number of carbonyl (C=O) groups excluding carboxylic acids is 2. The van der Waals surface area contributed by atoms with Crippen molar-refractivity contribution < 1.29 is 22.7 Å². The fourth-order valence-corrected chi connectivity index (χ4v) is 5.69. The van der Waals surface area contributed by atoms with Crippen LogP contribution < -0.4 is 14.4 Å². The molecule has 0 aromatic heterocycles. The van der Waals surface area contributed by atoms with Crippen molar-refractivity contribution in [3.8, 4) is 5.75 Å². The number of ether oxygens (including phenoxy) is 1. The zero-order chi connectivity index (χ0) is 28.6. The molecule has 10 heteroatoms. The van der Waals surface area contributed by atoms with Gasteiger partial charge in [0.25, 0.3) is 10.0 Å². The first-order valence-corrected chi connectivity index (χ1v) is 14.5. The third-order valence-corrected chi connectivity index (χ3v) is 8.27. The lowest BCUT2D eigenvalue weighted by molar-refractivity contribution is -0.140. The number of hydrogen-bond donors (Lipinski definition) is 1. The Morgan fingerprint density at radius 1 is 1.00 bits per heavy atom. The van der Waals surface area contributed by atoms with Crippen molar-refractivity contribution in [1.82, 2.24) is 10.2 Å². The topological polar surface area (TPSA) is 96.0 Å². The van der Waals surface area contributed by atoms with Gasteiger partial charge in [0, 0.05) is 18.1 Å². The van der Waals surface area contributed by atoms with Crippen molar-refractivity contribution in [2.24, 2.45) is 0 Å². The number of hydrogen-bond acceptors (Lipinski definition) is 5. The number of halogens is 1. The van der Waals surface area contributed by atoms with Crippen molar-refractivity contribution in [3.63, 3.8) is 0 Å². The van der Waals surface area contributed by atoms with E-state index in [2.05, 4.69) is 5.32 Å². The number of anilines is 1. The minimum atomic E-state index is -4.15. The zero-order valence-electron chi connectivity index (χ0n) is 22.6. The number of amides is 2. The van der Waals surface area contributed by atoms with Crippen LogP contribution in [0.5, 0.6) is 5.75 Å². The highest BCUT2D eigenvalue weighted by atomic mass is 35.5. The maximum Gasteiger partial charge on any atom is 0.264 e. The van der Waals surface area contributed by atoms with E-state index in [4.69, 9.17) is 16.3 Å². The van der Waals surface area contributed by atoms with Gasteiger partial charge < -0.3 is 15.0 Å². The molecule has 1 unspecified atom stereocenters. The van der Waals surface area contributed by atoms with Gasteiger partial charge in [-0.1, -0.05) is 48.4 Å². The molecule has 0 fully saturated rings. The molecule has 3 rings (SSSR count). The maximum atomic E-state index is 14.0. The number of nitrogens with one attached hydrogen (secondary N) is 1. The third-order valence-electron chi connectivity index (χ3n) is 6.23. The van der Waals surface area contributed by atoms with Gasteiger partial charge in [-0.25, -0.2) is 8.42 Å². The van der Waals surface area contributed by atoms with Crippen LogP contribution in [-0.2, 0) is 26.2 Å². The molecule has 39 heavy (non-hydrogen) atoms. The predicted octanol–water partition coefficient (Wildman–Crippen LogP) is 4.80. The molecule has 0 saturated carbocycles. The Morgan fingerprint density at radius 3 is 2.26 bits per heavy atom. The van der Waals surface area contributed by atoms with Crippen LogP contribution >= 0.6 is 11.6 Å². The fraction of sp³-hybridized carbons (Fsp3) is 0.310. The van der Waals surface area contributed by atoms with E-state index in [9.17, 15) is 18.0 Å². The minimum absolute atomic E-state index is 0.00427. The van der Waals surface area contributed by atoms with Crippen LogP contribution in [0.25, 0.3) is 0 Å². The summed E-state index contributed by atoms with van der Waals surface area (Å²) in [5.41, 5.74) is 2.01. The van der Waals surface area contributed by atoms with Crippen molar-refractivity contribution in [3.05, 3.63) is 88.9 Å². The lowest BCUT2D eigenvalue weighted by atomic mass is 10.1. The average Bonchev–Trinajstić information content (AvgIpc) is 2.92. The summed E-state index contributed by atoms with van der Waals surface area (Å²) in [6, 6.07) is 19.0. The van der Waals surface area contributed by atoms with Crippen LogP contribution in [0, 0.1) is 6.92 Å². The molecule has 0 aliphatic heterocycles. The van der Waals surface area contributed by atoms with E-state index in [1.807, 2.05) is 19.9 Å². The second kappa shape index (κ2) is 13.5. The number of methoxy groups -OCH3 is 1. The number of sulfonamides is 1. The second-order valence-electron chi connectivity index (χ2n) is 8.99. The Balaban J connectivity index is 2.06. The molecule has 1 N–H and O–H groups in total. The molecule has 208 valence electrons. The summed E-state index contributed by atoms with van der Waals surface area (Å²) in [4.78, 5) is 28.4. The number of likely N-dealkylation sites (N-methyl/N-ethyl adjacent to an activating group) is 1. The van der Waals surface area contributed by atoms with E-state index < -0.39 is 28.5 Å². The molecule has 0 spiro atoms. The summed E-state index contributed by atoms with van der Waals surface area (Å²) in [5, 5.41) is 3.18. The van der Waals surface area contributed by atoms with E-state index in [1.54, 1.807) is 56.5 Å². The van der Waals surface area contributed by atoms with Gasteiger partial charge in [-0.2, -0.15) is 0 Å². The molecule has 0 radical (unpaired) electrons. The number of nitrogens with zero attached hydrogens (tertiary/aromatic N) is 2. The molecule has 3 aromatic carbocycles. The number of benzene rings is 3. The Labute approximate surface area is 235 Å². The van der Waals surface area contributed by atoms with Crippen molar-refractivity contribution in [2.45, 2.75) is 44.7 Å². The molecule has 0 heterocycles. The smallest absolute Gasteiger partial charge is 0.264 e. The molecular formula is C29H34ClN3O5S. The molecule has 0 aliphatic rings. The summed E-state index contributed by atoms with van der Waals surface area (Å²) in [6.45, 7) is 5.49. The van der Waals surface area contributed by atoms with Crippen LogP contribution in [-0.4, -0.2) is 51.4 Å². The largest absolute Gasteiger partial charge is 0.497 e. The van der Waals surface area contributed by atoms with Gasteiger partial charge in [-0.3, -0.25) is 13.9 Å². The molecular weight excluding hydrogens is 538 g/mol. The molecule has 0 aliphatic carbocycles. The van der Waals surface area contributed by atoms with Gasteiger partial charge in [0.15, 0.2) is 0 Å². The van der Waals surface area contributed by atoms with E-state index >= 15 is 0 Å². The van der Waals surface area contributed by atoms with Crippen LogP contribution in [0.1, 0.15) is 31.4 Å². The highest BCUT2D eigenvalue weighted by molar-refractivity contribution is 7.92. The van der Waals surface area contributed by atoms with Crippen LogP contribution in [0.2, 0.25) is 5.02 Å². The van der Waals surface area contributed by atoms with Gasteiger partial charge in [-0.05, 0) is 74.4 Å². The summed E-state index contributed by atoms with van der Waals surface area (Å²) >= 11 is 5.99. The van der Waals surface area contributed by atoms with Crippen molar-refractivity contribution >= 4 is 39.1 Å². The first-order chi connectivity index (χ1) is 18.6. The maximum absolute atomic E-state index is 14.0. The van der Waals surface area contributed by atoms with Gasteiger partial charge in [-0.15, -0.1) is 0 Å². The van der Waals surface area contributed by atoms with Crippen molar-refractivity contribution in [1.29, 1.82) is 0 Å². The standard InChI is InChI=1S/C29H34ClN3O5S/c1-5-27(29(35)31-6-2)32(19-22-8-7-9-25(18-22)38-4)28(34)20-33(24-14-10-21(3)11-15-24)39(36,37)26-16-12-23(30)13-17-26/h7-18,27H,5-6,19-20H2,1-4H3,(H,31,35). The molecule has 8 nitrogen and oxygen atoms in total. The van der Waals surface area contributed by atoms with Crippen LogP contribution in [0.4, 0.5) is 5.69 Å². The Bertz CT molecular complexity index is 1380. The van der Waals surface area contributed by atoms with E-state index in [-0.39, 0.29) is 17.3 Å². The van der Waals surface area contributed by atoms with Gasteiger partial charge in [0.2, 0.25) is 11.8 Å². The molecule has 1 atom stereocenters. The average molecular weight is 572 g/mol. The lowest BCUT2D eigenvalue weighted by Crippen LogP contribution is -2.52. The monoisotopic (exact) mass is 571 g/mol. The Morgan fingerprint density at radius 2 is 1.67 bits per heavy atom. The van der Waals surface area contributed by atoms with Crippen LogP contribution in [0.3, 0.4) is 0 Å². The number of carbonyl (C=O) groups is 2. The van der Waals surface area contributed by atoms with E-state index in [1.165, 1.54) is 29.2 Å². The minimum Gasteiger partial charge on any atom is -0.497 e. The first kappa shape index (κ1) is 30.0. The summed E-state index contributed by atoms with van der Waals surface area (Å²) in [7, 11) is -2.60. The molecule has 0 bridgehead atoms. The lowest BCUT2D eigenvalue weighted by Gasteiger charge is -2.33. The van der Waals surface area contributed by atoms with Crippen molar-refractivity contribution in [2.75, 3.05) is 24.5 Å². The number of aryl methyl sites for hydroxylation is 1.